The molecule has 0 fully saturated rings. The predicted molar refractivity (Wildman–Crippen MR) is 78.4 cm³/mol. The van der Waals surface area contributed by atoms with E-state index < -0.39 is 0 Å². The maximum absolute atomic E-state index is 13.3. The number of aliphatic imine (C=N–C) groups is 1. The van der Waals surface area contributed by atoms with Crippen LogP contribution in [-0.4, -0.2) is 16.3 Å². The minimum absolute atomic E-state index is 0.0125. The Hall–Kier alpha value is -2.62. The van der Waals surface area contributed by atoms with Crippen molar-refractivity contribution in [3.8, 4) is 5.88 Å². The summed E-state index contributed by atoms with van der Waals surface area (Å²) in [7, 11) is 0. The lowest BCUT2D eigenvalue weighted by atomic mass is 10.2. The fourth-order valence-electron chi connectivity index (χ4n) is 2.07. The molecule has 0 aliphatic rings. The summed E-state index contributed by atoms with van der Waals surface area (Å²) in [6, 6.07) is 12.0. The van der Waals surface area contributed by atoms with Crippen LogP contribution < -0.4 is 0 Å². The van der Waals surface area contributed by atoms with Crippen LogP contribution in [0.4, 0.5) is 10.1 Å². The van der Waals surface area contributed by atoms with Gasteiger partial charge in [0.05, 0.1) is 11.3 Å². The molecule has 4 heteroatoms. The maximum atomic E-state index is 13.3. The molecule has 0 spiro atoms. The van der Waals surface area contributed by atoms with E-state index in [9.17, 15) is 9.50 Å². The molecule has 3 rings (SSSR count). The molecule has 0 saturated heterocycles. The van der Waals surface area contributed by atoms with Crippen LogP contribution in [0.5, 0.6) is 5.88 Å². The summed E-state index contributed by atoms with van der Waals surface area (Å²) in [5, 5.41) is 10.5. The van der Waals surface area contributed by atoms with Gasteiger partial charge in [-0.3, -0.25) is 4.99 Å². The molecule has 20 heavy (non-hydrogen) atoms. The average molecular weight is 268 g/mol. The Morgan fingerprint density at radius 2 is 1.90 bits per heavy atom. The van der Waals surface area contributed by atoms with Gasteiger partial charge in [0, 0.05) is 17.1 Å². The van der Waals surface area contributed by atoms with Crippen LogP contribution in [-0.2, 0) is 0 Å². The van der Waals surface area contributed by atoms with Crippen molar-refractivity contribution in [1.82, 2.24) is 4.98 Å². The minimum atomic E-state index is -0.346. The van der Waals surface area contributed by atoms with Gasteiger partial charge >= 0.3 is 0 Å². The summed E-state index contributed by atoms with van der Waals surface area (Å²) in [6.45, 7) is 2.00. The van der Waals surface area contributed by atoms with E-state index in [0.717, 1.165) is 11.3 Å². The van der Waals surface area contributed by atoms with E-state index >= 15 is 0 Å². The first-order valence-electron chi connectivity index (χ1n) is 6.24. The van der Waals surface area contributed by atoms with E-state index in [-0.39, 0.29) is 11.7 Å². The lowest BCUT2D eigenvalue weighted by Crippen LogP contribution is -1.80. The van der Waals surface area contributed by atoms with Gasteiger partial charge in [-0.2, -0.15) is 0 Å². The number of nitrogens with zero attached hydrogens (tertiary/aromatic N) is 1. The quantitative estimate of drug-likeness (QED) is 0.676. The number of fused-ring (bicyclic) bond motifs is 1. The highest BCUT2D eigenvalue weighted by Gasteiger charge is 2.09. The van der Waals surface area contributed by atoms with Gasteiger partial charge in [-0.25, -0.2) is 4.39 Å². The third kappa shape index (κ3) is 2.28. The topological polar surface area (TPSA) is 48.4 Å². The first kappa shape index (κ1) is 12.4. The zero-order chi connectivity index (χ0) is 14.1. The van der Waals surface area contributed by atoms with Crippen molar-refractivity contribution in [3.63, 3.8) is 0 Å². The molecule has 0 saturated carbocycles. The third-order valence-corrected chi connectivity index (χ3v) is 3.16. The highest BCUT2D eigenvalue weighted by atomic mass is 19.1. The number of H-pyrrole nitrogens is 1. The molecule has 3 aromatic rings. The van der Waals surface area contributed by atoms with E-state index in [1.54, 1.807) is 6.07 Å². The Labute approximate surface area is 115 Å². The van der Waals surface area contributed by atoms with Crippen LogP contribution in [0, 0.1) is 12.7 Å². The molecular weight excluding hydrogens is 255 g/mol. The van der Waals surface area contributed by atoms with Gasteiger partial charge in [0.1, 0.15) is 5.82 Å². The summed E-state index contributed by atoms with van der Waals surface area (Å²) in [5.74, 6) is -0.358. The molecule has 0 atom stereocenters. The molecular formula is C16H13FN2O. The van der Waals surface area contributed by atoms with Crippen molar-refractivity contribution in [1.29, 1.82) is 0 Å². The third-order valence-electron chi connectivity index (χ3n) is 3.16. The fourth-order valence-corrected chi connectivity index (χ4v) is 2.07. The van der Waals surface area contributed by atoms with E-state index in [1.807, 2.05) is 31.2 Å². The highest BCUT2D eigenvalue weighted by molar-refractivity contribution is 6.02. The first-order valence-corrected chi connectivity index (χ1v) is 6.24. The second kappa shape index (κ2) is 4.81. The van der Waals surface area contributed by atoms with Crippen molar-refractivity contribution >= 4 is 22.8 Å². The van der Waals surface area contributed by atoms with Gasteiger partial charge in [-0.15, -0.1) is 0 Å². The number of halogens is 1. The molecule has 3 nitrogen and oxygen atoms in total. The monoisotopic (exact) mass is 268 g/mol. The Kier molecular flexibility index (Phi) is 2.99. The Morgan fingerprint density at radius 3 is 2.65 bits per heavy atom. The van der Waals surface area contributed by atoms with Crippen molar-refractivity contribution in [2.24, 2.45) is 4.99 Å². The molecule has 0 bridgehead atoms. The highest BCUT2D eigenvalue weighted by Crippen LogP contribution is 2.27. The second-order valence-electron chi connectivity index (χ2n) is 4.67. The van der Waals surface area contributed by atoms with Gasteiger partial charge in [0.25, 0.3) is 0 Å². The molecule has 2 aromatic carbocycles. The minimum Gasteiger partial charge on any atom is -0.494 e. The van der Waals surface area contributed by atoms with Gasteiger partial charge in [0.15, 0.2) is 5.88 Å². The Balaban J connectivity index is 2.03. The van der Waals surface area contributed by atoms with Gasteiger partial charge in [-0.1, -0.05) is 17.7 Å². The SMILES string of the molecule is Cc1ccc(N=Cc2c(O)[nH]c3ccc(F)cc23)cc1. The van der Waals surface area contributed by atoms with Crippen LogP contribution in [0.25, 0.3) is 10.9 Å². The summed E-state index contributed by atoms with van der Waals surface area (Å²) < 4.78 is 13.3. The normalized spacial score (nSPS) is 11.5. The average Bonchev–Trinajstić information content (AvgIpc) is 2.73. The Bertz CT molecular complexity index is 788. The van der Waals surface area contributed by atoms with E-state index in [2.05, 4.69) is 9.98 Å². The number of aromatic amines is 1. The standard InChI is InChI=1S/C16H13FN2O/c1-10-2-5-12(6-3-10)18-9-14-13-8-11(17)4-7-15(13)19-16(14)20/h2-9,19-20H,1H3. The largest absolute Gasteiger partial charge is 0.494 e. The lowest BCUT2D eigenvalue weighted by molar-refractivity contribution is 0.457. The number of aromatic hydroxyl groups is 1. The van der Waals surface area contributed by atoms with Crippen LogP contribution in [0.3, 0.4) is 0 Å². The second-order valence-corrected chi connectivity index (χ2v) is 4.67. The first-order chi connectivity index (χ1) is 9.63. The van der Waals surface area contributed by atoms with Crippen LogP contribution in [0.15, 0.2) is 47.5 Å². The lowest BCUT2D eigenvalue weighted by Gasteiger charge is -1.95. The van der Waals surface area contributed by atoms with Crippen LogP contribution >= 0.6 is 0 Å². The van der Waals surface area contributed by atoms with Crippen LogP contribution in [0.2, 0.25) is 0 Å². The number of hydrogen-bond donors (Lipinski definition) is 2. The smallest absolute Gasteiger partial charge is 0.198 e. The predicted octanol–water partition coefficient (Wildman–Crippen LogP) is 4.07. The number of aryl methyl sites for hydroxylation is 1. The van der Waals surface area contributed by atoms with Crippen molar-refractivity contribution in [2.45, 2.75) is 6.92 Å². The molecule has 0 amide bonds. The Morgan fingerprint density at radius 1 is 1.15 bits per heavy atom. The van der Waals surface area contributed by atoms with Gasteiger partial charge in [0.2, 0.25) is 0 Å². The molecule has 1 aromatic heterocycles. The van der Waals surface area contributed by atoms with E-state index in [1.165, 1.54) is 18.3 Å². The molecule has 100 valence electrons. The molecule has 0 radical (unpaired) electrons. The van der Waals surface area contributed by atoms with Gasteiger partial charge in [-0.05, 0) is 37.3 Å². The summed E-state index contributed by atoms with van der Waals surface area (Å²) >= 11 is 0. The van der Waals surface area contributed by atoms with Crippen molar-refractivity contribution < 1.29 is 9.50 Å². The molecule has 2 N–H and O–H groups in total. The van der Waals surface area contributed by atoms with Crippen molar-refractivity contribution in [3.05, 3.63) is 59.4 Å². The van der Waals surface area contributed by atoms with Crippen LogP contribution in [0.1, 0.15) is 11.1 Å². The number of benzene rings is 2. The molecule has 1 heterocycles. The maximum Gasteiger partial charge on any atom is 0.198 e. The molecule has 0 aliphatic heterocycles. The number of hydrogen-bond acceptors (Lipinski definition) is 2. The number of rotatable bonds is 2. The van der Waals surface area contributed by atoms with Crippen molar-refractivity contribution in [2.75, 3.05) is 0 Å². The molecule has 0 aliphatic carbocycles. The zero-order valence-electron chi connectivity index (χ0n) is 10.9. The summed E-state index contributed by atoms with van der Waals surface area (Å²) in [6.07, 6.45) is 1.54. The van der Waals surface area contributed by atoms with E-state index in [0.29, 0.717) is 16.5 Å². The zero-order valence-corrected chi connectivity index (χ0v) is 10.9. The number of nitrogens with one attached hydrogen (secondary N) is 1. The number of aromatic nitrogens is 1. The summed E-state index contributed by atoms with van der Waals surface area (Å²) in [4.78, 5) is 7.10. The summed E-state index contributed by atoms with van der Waals surface area (Å²) in [5.41, 5.74) is 3.09. The molecule has 0 unspecified atom stereocenters. The van der Waals surface area contributed by atoms with E-state index in [4.69, 9.17) is 0 Å². The fraction of sp³-hybridized carbons (Fsp3) is 0.0625. The van der Waals surface area contributed by atoms with Gasteiger partial charge < -0.3 is 10.1 Å².